The zero-order valence-corrected chi connectivity index (χ0v) is 15.8. The molecule has 1 aliphatic rings. The van der Waals surface area contributed by atoms with Gasteiger partial charge in [-0.05, 0) is 11.6 Å². The van der Waals surface area contributed by atoms with Crippen molar-refractivity contribution >= 4 is 22.8 Å². The number of benzene rings is 2. The minimum absolute atomic E-state index is 0.0222. The van der Waals surface area contributed by atoms with Crippen molar-refractivity contribution in [1.29, 1.82) is 0 Å². The molecule has 1 atom stereocenters. The van der Waals surface area contributed by atoms with Crippen LogP contribution >= 0.6 is 0 Å². The molecule has 150 valence electrons. The molecule has 0 spiro atoms. The molecule has 1 aromatic heterocycles. The number of aromatic carboxylic acids is 1. The Bertz CT molecular complexity index is 1040. The van der Waals surface area contributed by atoms with E-state index in [1.54, 1.807) is 15.5 Å². The molecule has 2 heterocycles. The van der Waals surface area contributed by atoms with E-state index in [0.29, 0.717) is 49.3 Å². The van der Waals surface area contributed by atoms with Gasteiger partial charge in [0.15, 0.2) is 0 Å². The molecule has 0 saturated carbocycles. The highest BCUT2D eigenvalue weighted by molar-refractivity contribution is 6.01. The van der Waals surface area contributed by atoms with Gasteiger partial charge in [0.2, 0.25) is 0 Å². The maximum Gasteiger partial charge on any atom is 0.352 e. The second-order valence-corrected chi connectivity index (χ2v) is 7.05. The van der Waals surface area contributed by atoms with Gasteiger partial charge < -0.3 is 19.5 Å². The summed E-state index contributed by atoms with van der Waals surface area (Å²) in [6.07, 6.45) is 0. The lowest BCUT2D eigenvalue weighted by Gasteiger charge is -2.32. The van der Waals surface area contributed by atoms with Crippen molar-refractivity contribution in [1.82, 2.24) is 9.47 Å². The molecule has 1 unspecified atom stereocenters. The number of carboxylic acids is 2. The molecule has 0 aliphatic carbocycles. The summed E-state index contributed by atoms with van der Waals surface area (Å²) in [5, 5.41) is 20.8. The number of rotatable bonds is 6. The molecule has 0 amide bonds. The first-order chi connectivity index (χ1) is 14.1. The molecule has 4 rings (SSSR count). The summed E-state index contributed by atoms with van der Waals surface area (Å²) in [7, 11) is 0. The summed E-state index contributed by atoms with van der Waals surface area (Å²) in [5.41, 5.74) is 2.01. The van der Waals surface area contributed by atoms with Gasteiger partial charge in [0.05, 0.1) is 13.2 Å². The quantitative estimate of drug-likeness (QED) is 0.668. The number of nitrogens with zero attached hydrogens (tertiary/aromatic N) is 2. The molecule has 7 nitrogen and oxygen atoms in total. The first-order valence-electron chi connectivity index (χ1n) is 9.51. The number of para-hydroxylation sites is 1. The van der Waals surface area contributed by atoms with Crippen LogP contribution in [0.4, 0.5) is 0 Å². The number of aromatic nitrogens is 1. The molecule has 2 aromatic carbocycles. The van der Waals surface area contributed by atoms with Crippen LogP contribution in [0.5, 0.6) is 0 Å². The van der Waals surface area contributed by atoms with E-state index < -0.39 is 18.0 Å². The van der Waals surface area contributed by atoms with Gasteiger partial charge in [-0.15, -0.1) is 0 Å². The van der Waals surface area contributed by atoms with Crippen LogP contribution in [-0.2, 0) is 16.1 Å². The fraction of sp³-hybridized carbons (Fsp3) is 0.273. The molecular weight excluding hydrogens is 372 g/mol. The van der Waals surface area contributed by atoms with Crippen molar-refractivity contribution in [3.63, 3.8) is 0 Å². The van der Waals surface area contributed by atoms with E-state index in [1.807, 2.05) is 48.5 Å². The molecule has 2 N–H and O–H groups in total. The topological polar surface area (TPSA) is 92.0 Å². The minimum Gasteiger partial charge on any atom is -0.480 e. The largest absolute Gasteiger partial charge is 0.480 e. The molecule has 29 heavy (non-hydrogen) atoms. The standard InChI is InChI=1S/C22H22N2O5/c25-21(26)19(23-10-12-29-13-11-23)18-16-8-4-5-9-17(16)24(20(18)22(27)28)14-15-6-2-1-3-7-15/h1-9,19H,10-14H2,(H,25,26)(H,27,28). The van der Waals surface area contributed by atoms with E-state index in [-0.39, 0.29) is 5.69 Å². The van der Waals surface area contributed by atoms with Gasteiger partial charge in [-0.25, -0.2) is 4.79 Å². The van der Waals surface area contributed by atoms with Gasteiger partial charge in [-0.2, -0.15) is 0 Å². The van der Waals surface area contributed by atoms with E-state index in [1.165, 1.54) is 0 Å². The molecule has 1 fully saturated rings. The summed E-state index contributed by atoms with van der Waals surface area (Å²) in [5.74, 6) is -2.19. The second-order valence-electron chi connectivity index (χ2n) is 7.05. The highest BCUT2D eigenvalue weighted by atomic mass is 16.5. The van der Waals surface area contributed by atoms with Crippen molar-refractivity contribution < 1.29 is 24.5 Å². The van der Waals surface area contributed by atoms with E-state index in [0.717, 1.165) is 5.56 Å². The molecule has 0 radical (unpaired) electrons. The predicted octanol–water partition coefficient (Wildman–Crippen LogP) is 2.85. The maximum atomic E-state index is 12.4. The number of fused-ring (bicyclic) bond motifs is 1. The lowest BCUT2D eigenvalue weighted by Crippen LogP contribution is -2.42. The lowest BCUT2D eigenvalue weighted by atomic mass is 10.0. The van der Waals surface area contributed by atoms with Crippen LogP contribution in [0.25, 0.3) is 10.9 Å². The van der Waals surface area contributed by atoms with Gasteiger partial charge in [0.1, 0.15) is 11.7 Å². The van der Waals surface area contributed by atoms with Gasteiger partial charge >= 0.3 is 11.9 Å². The first-order valence-corrected chi connectivity index (χ1v) is 9.51. The Labute approximate surface area is 167 Å². The third kappa shape index (κ3) is 3.62. The third-order valence-corrected chi connectivity index (χ3v) is 5.31. The smallest absolute Gasteiger partial charge is 0.352 e. The van der Waals surface area contributed by atoms with Crippen LogP contribution in [-0.4, -0.2) is 57.9 Å². The number of ether oxygens (including phenoxy) is 1. The molecule has 3 aromatic rings. The Balaban J connectivity index is 1.94. The molecule has 0 bridgehead atoms. The van der Waals surface area contributed by atoms with Gasteiger partial charge in [-0.3, -0.25) is 9.69 Å². The summed E-state index contributed by atoms with van der Waals surface area (Å²) in [6.45, 7) is 2.07. The van der Waals surface area contributed by atoms with E-state index in [4.69, 9.17) is 4.74 Å². The van der Waals surface area contributed by atoms with E-state index in [9.17, 15) is 19.8 Å². The summed E-state index contributed by atoms with van der Waals surface area (Å²) >= 11 is 0. The van der Waals surface area contributed by atoms with Crippen molar-refractivity contribution in [2.24, 2.45) is 0 Å². The Morgan fingerprint density at radius 3 is 2.28 bits per heavy atom. The highest BCUT2D eigenvalue weighted by Gasteiger charge is 2.36. The molecular formula is C22H22N2O5. The summed E-state index contributed by atoms with van der Waals surface area (Å²) < 4.78 is 7.07. The van der Waals surface area contributed by atoms with E-state index in [2.05, 4.69) is 0 Å². The number of morpholine rings is 1. The van der Waals surface area contributed by atoms with Crippen LogP contribution in [0.15, 0.2) is 54.6 Å². The number of aliphatic carboxylic acids is 1. The Morgan fingerprint density at radius 1 is 0.966 bits per heavy atom. The molecule has 7 heteroatoms. The maximum absolute atomic E-state index is 12.4. The highest BCUT2D eigenvalue weighted by Crippen LogP contribution is 2.35. The molecule has 1 aliphatic heterocycles. The number of carbonyl (C=O) groups is 2. The Morgan fingerprint density at radius 2 is 1.62 bits per heavy atom. The number of hydrogen-bond acceptors (Lipinski definition) is 4. The number of carboxylic acid groups (broad SMARTS) is 2. The zero-order chi connectivity index (χ0) is 20.4. The predicted molar refractivity (Wildman–Crippen MR) is 107 cm³/mol. The van der Waals surface area contributed by atoms with Crippen LogP contribution in [0.1, 0.15) is 27.7 Å². The summed E-state index contributed by atoms with van der Waals surface area (Å²) in [4.78, 5) is 26.4. The monoisotopic (exact) mass is 394 g/mol. The van der Waals surface area contributed by atoms with Crippen molar-refractivity contribution in [2.45, 2.75) is 12.6 Å². The third-order valence-electron chi connectivity index (χ3n) is 5.31. The first kappa shape index (κ1) is 19.2. The fourth-order valence-electron chi connectivity index (χ4n) is 4.07. The lowest BCUT2D eigenvalue weighted by molar-refractivity contribution is -0.145. The van der Waals surface area contributed by atoms with Gasteiger partial charge in [0.25, 0.3) is 0 Å². The Kier molecular flexibility index (Phi) is 5.33. The second kappa shape index (κ2) is 8.06. The van der Waals surface area contributed by atoms with Gasteiger partial charge in [0, 0.05) is 36.1 Å². The Hall–Kier alpha value is -3.16. The summed E-state index contributed by atoms with van der Waals surface area (Å²) in [6, 6.07) is 15.8. The minimum atomic E-state index is -1.13. The van der Waals surface area contributed by atoms with Crippen molar-refractivity contribution in [3.05, 3.63) is 71.4 Å². The van der Waals surface area contributed by atoms with Gasteiger partial charge in [-0.1, -0.05) is 48.5 Å². The average Bonchev–Trinajstić information content (AvgIpc) is 3.04. The van der Waals surface area contributed by atoms with Crippen molar-refractivity contribution in [2.75, 3.05) is 26.3 Å². The fourth-order valence-corrected chi connectivity index (χ4v) is 4.07. The van der Waals surface area contributed by atoms with Crippen LogP contribution < -0.4 is 0 Å². The average molecular weight is 394 g/mol. The zero-order valence-electron chi connectivity index (χ0n) is 15.8. The molecule has 1 saturated heterocycles. The van der Waals surface area contributed by atoms with E-state index >= 15 is 0 Å². The van der Waals surface area contributed by atoms with Crippen LogP contribution in [0.3, 0.4) is 0 Å². The normalized spacial score (nSPS) is 16.0. The SMILES string of the molecule is O=C(O)c1c(C(C(=O)O)N2CCOCC2)c2ccccc2n1Cc1ccccc1. The van der Waals surface area contributed by atoms with Crippen LogP contribution in [0.2, 0.25) is 0 Å². The number of hydrogen-bond donors (Lipinski definition) is 2. The van der Waals surface area contributed by atoms with Crippen molar-refractivity contribution in [3.8, 4) is 0 Å². The van der Waals surface area contributed by atoms with Crippen LogP contribution in [0, 0.1) is 0 Å².